The summed E-state index contributed by atoms with van der Waals surface area (Å²) in [6.07, 6.45) is 0. The lowest BCUT2D eigenvalue weighted by atomic mass is 9.95. The van der Waals surface area contributed by atoms with E-state index in [1.807, 2.05) is 48.5 Å². The number of phenols is 2. The van der Waals surface area contributed by atoms with Crippen molar-refractivity contribution in [3.05, 3.63) is 94.4 Å². The number of hydrogen-bond donors (Lipinski definition) is 2. The lowest BCUT2D eigenvalue weighted by Gasteiger charge is -2.09. The summed E-state index contributed by atoms with van der Waals surface area (Å²) in [5, 5.41) is 21.0. The third-order valence-electron chi connectivity index (χ3n) is 3.55. The van der Waals surface area contributed by atoms with Crippen molar-refractivity contribution in [1.82, 2.24) is 0 Å². The molecule has 3 rings (SSSR count). The number of rotatable bonds is 2. The van der Waals surface area contributed by atoms with Gasteiger partial charge in [-0.05, 0) is 51.4 Å². The second kappa shape index (κ2) is 5.78. The van der Waals surface area contributed by atoms with Gasteiger partial charge in [0.1, 0.15) is 11.5 Å². The normalized spacial score (nSPS) is 10.4. The molecule has 0 amide bonds. The van der Waals surface area contributed by atoms with Gasteiger partial charge in [0.25, 0.3) is 0 Å². The largest absolute Gasteiger partial charge is 0.508 e. The molecule has 0 saturated carbocycles. The van der Waals surface area contributed by atoms with Gasteiger partial charge in [0.05, 0.1) is 0 Å². The Morgan fingerprint density at radius 1 is 0.591 bits per heavy atom. The van der Waals surface area contributed by atoms with Gasteiger partial charge in [-0.1, -0.05) is 55.1 Å². The van der Waals surface area contributed by atoms with Crippen LogP contribution in [0.5, 0.6) is 11.5 Å². The molecule has 0 aliphatic carbocycles. The minimum Gasteiger partial charge on any atom is -0.508 e. The first kappa shape index (κ1) is 14.0. The minimum atomic E-state index is 0.238. The van der Waals surface area contributed by atoms with Crippen LogP contribution in [0.3, 0.4) is 0 Å². The van der Waals surface area contributed by atoms with Gasteiger partial charge >= 0.3 is 0 Å². The van der Waals surface area contributed by atoms with Gasteiger partial charge in [0.15, 0.2) is 0 Å². The van der Waals surface area contributed by atoms with Crippen LogP contribution in [0.15, 0.2) is 72.8 Å². The summed E-state index contributed by atoms with van der Waals surface area (Å²) in [7, 11) is 0. The highest BCUT2D eigenvalue weighted by Gasteiger charge is 2.06. The summed E-state index contributed by atoms with van der Waals surface area (Å²) in [6, 6.07) is 22.2. The second-order valence-corrected chi connectivity index (χ2v) is 5.17. The molecule has 0 aromatic heterocycles. The van der Waals surface area contributed by atoms with Crippen LogP contribution in [0.1, 0.15) is 11.1 Å². The van der Waals surface area contributed by atoms with Crippen LogP contribution in [-0.4, -0.2) is 10.2 Å². The zero-order chi connectivity index (χ0) is 15.5. The van der Waals surface area contributed by atoms with Crippen LogP contribution < -0.4 is 10.4 Å². The van der Waals surface area contributed by atoms with Crippen molar-refractivity contribution in [3.8, 4) is 11.5 Å². The van der Waals surface area contributed by atoms with Crippen molar-refractivity contribution < 1.29 is 10.2 Å². The molecule has 0 fully saturated rings. The average Bonchev–Trinajstić information content (AvgIpc) is 2.53. The Labute approximate surface area is 128 Å². The molecule has 0 heterocycles. The SMILES string of the molecule is C=c1ccc(=C(c2ccc(O)cc2)c2ccc(O)cc2)cc1. The van der Waals surface area contributed by atoms with E-state index < -0.39 is 0 Å². The van der Waals surface area contributed by atoms with E-state index in [4.69, 9.17) is 0 Å². The van der Waals surface area contributed by atoms with Gasteiger partial charge in [0, 0.05) is 0 Å². The Kier molecular flexibility index (Phi) is 3.67. The fraction of sp³-hybridized carbons (Fsp3) is 0. The number of phenolic OH excluding ortho intramolecular Hbond substituents is 2. The second-order valence-electron chi connectivity index (χ2n) is 5.17. The number of aromatic hydroxyl groups is 2. The monoisotopic (exact) mass is 288 g/mol. The van der Waals surface area contributed by atoms with E-state index >= 15 is 0 Å². The highest BCUT2D eigenvalue weighted by Crippen LogP contribution is 2.24. The van der Waals surface area contributed by atoms with Gasteiger partial charge in [-0.25, -0.2) is 0 Å². The Morgan fingerprint density at radius 3 is 1.41 bits per heavy atom. The molecule has 2 heteroatoms. The van der Waals surface area contributed by atoms with Gasteiger partial charge in [-0.15, -0.1) is 0 Å². The third kappa shape index (κ3) is 2.86. The van der Waals surface area contributed by atoms with Crippen molar-refractivity contribution >= 4 is 12.2 Å². The summed E-state index contributed by atoms with van der Waals surface area (Å²) >= 11 is 0. The molecule has 22 heavy (non-hydrogen) atoms. The van der Waals surface area contributed by atoms with Crippen molar-refractivity contribution in [2.24, 2.45) is 0 Å². The smallest absolute Gasteiger partial charge is 0.115 e. The van der Waals surface area contributed by atoms with E-state index in [9.17, 15) is 10.2 Å². The third-order valence-corrected chi connectivity index (χ3v) is 3.55. The predicted octanol–water partition coefficient (Wildman–Crippen LogP) is 2.76. The fourth-order valence-corrected chi connectivity index (χ4v) is 2.43. The highest BCUT2D eigenvalue weighted by atomic mass is 16.3. The van der Waals surface area contributed by atoms with Gasteiger partial charge in [0.2, 0.25) is 0 Å². The molecule has 2 N–H and O–H groups in total. The summed E-state index contributed by atoms with van der Waals surface area (Å²) in [5.41, 5.74) is 3.04. The van der Waals surface area contributed by atoms with E-state index in [0.717, 1.165) is 27.1 Å². The molecule has 0 aliphatic rings. The zero-order valence-electron chi connectivity index (χ0n) is 12.0. The van der Waals surface area contributed by atoms with E-state index in [-0.39, 0.29) is 11.5 Å². The lowest BCUT2D eigenvalue weighted by molar-refractivity contribution is 0.475. The van der Waals surface area contributed by atoms with E-state index in [1.165, 1.54) is 0 Å². The first-order valence-electron chi connectivity index (χ1n) is 7.01. The van der Waals surface area contributed by atoms with E-state index in [1.54, 1.807) is 24.3 Å². The molecule has 0 radical (unpaired) electrons. The molecular weight excluding hydrogens is 272 g/mol. The summed E-state index contributed by atoms with van der Waals surface area (Å²) < 4.78 is 0. The summed E-state index contributed by atoms with van der Waals surface area (Å²) in [6.45, 7) is 3.91. The number of hydrogen-bond acceptors (Lipinski definition) is 2. The average molecular weight is 288 g/mol. The Bertz CT molecular complexity index is 821. The van der Waals surface area contributed by atoms with Crippen molar-refractivity contribution in [3.63, 3.8) is 0 Å². The Balaban J connectivity index is 2.29. The Hall–Kier alpha value is -3.00. The molecule has 0 spiro atoms. The molecule has 108 valence electrons. The molecule has 0 unspecified atom stereocenters. The van der Waals surface area contributed by atoms with Crippen LogP contribution >= 0.6 is 0 Å². The Morgan fingerprint density at radius 2 is 1.00 bits per heavy atom. The summed E-state index contributed by atoms with van der Waals surface area (Å²) in [5.74, 6) is 0.476. The fourth-order valence-electron chi connectivity index (χ4n) is 2.43. The predicted molar refractivity (Wildman–Crippen MR) is 89.0 cm³/mol. The van der Waals surface area contributed by atoms with Gasteiger partial charge in [-0.3, -0.25) is 0 Å². The van der Waals surface area contributed by atoms with Crippen molar-refractivity contribution in [2.75, 3.05) is 0 Å². The first-order valence-corrected chi connectivity index (χ1v) is 7.01. The molecule has 3 aromatic rings. The molecule has 0 atom stereocenters. The summed E-state index contributed by atoms with van der Waals surface area (Å²) in [4.78, 5) is 0. The van der Waals surface area contributed by atoms with Crippen LogP contribution in [-0.2, 0) is 0 Å². The molecule has 3 aromatic carbocycles. The topological polar surface area (TPSA) is 40.5 Å². The molecule has 0 bridgehead atoms. The van der Waals surface area contributed by atoms with Gasteiger partial charge in [-0.2, -0.15) is 0 Å². The van der Waals surface area contributed by atoms with Crippen LogP contribution in [0.2, 0.25) is 0 Å². The standard InChI is InChI=1S/C20H16O2/c1-14-2-4-15(5-3-14)20(16-6-10-18(21)11-7-16)17-8-12-19(22)13-9-17/h2-13,21-22H,1H2. The van der Waals surface area contributed by atoms with Crippen molar-refractivity contribution in [1.29, 1.82) is 0 Å². The highest BCUT2D eigenvalue weighted by molar-refractivity contribution is 5.79. The van der Waals surface area contributed by atoms with E-state index in [2.05, 4.69) is 6.58 Å². The number of benzene rings is 3. The molecular formula is C20H16O2. The van der Waals surface area contributed by atoms with Crippen LogP contribution in [0.4, 0.5) is 0 Å². The lowest BCUT2D eigenvalue weighted by Crippen LogP contribution is -2.11. The molecule has 0 aliphatic heterocycles. The first-order chi connectivity index (χ1) is 10.6. The maximum atomic E-state index is 9.50. The van der Waals surface area contributed by atoms with Crippen molar-refractivity contribution in [2.45, 2.75) is 0 Å². The van der Waals surface area contributed by atoms with Crippen LogP contribution in [0.25, 0.3) is 12.2 Å². The van der Waals surface area contributed by atoms with Gasteiger partial charge < -0.3 is 10.2 Å². The quantitative estimate of drug-likeness (QED) is 0.761. The van der Waals surface area contributed by atoms with Crippen LogP contribution in [0, 0.1) is 0 Å². The minimum absolute atomic E-state index is 0.238. The maximum Gasteiger partial charge on any atom is 0.115 e. The maximum absolute atomic E-state index is 9.50. The zero-order valence-corrected chi connectivity index (χ0v) is 12.0. The molecule has 0 saturated heterocycles. The molecule has 2 nitrogen and oxygen atoms in total. The van der Waals surface area contributed by atoms with E-state index in [0.29, 0.717) is 0 Å².